The van der Waals surface area contributed by atoms with Gasteiger partial charge in [0.2, 0.25) is 6.36 Å². The average Bonchev–Trinajstić information content (AvgIpc) is 3.14. The molecule has 0 radical (unpaired) electrons. The molecule has 0 aliphatic heterocycles. The maximum atomic E-state index is 12.9. The summed E-state index contributed by atoms with van der Waals surface area (Å²) in [6.07, 6.45) is 0.553. The van der Waals surface area contributed by atoms with Gasteiger partial charge in [0, 0.05) is 35.3 Å². The van der Waals surface area contributed by atoms with Crippen LogP contribution in [0.5, 0.6) is 5.75 Å². The highest BCUT2D eigenvalue weighted by atomic mass is 32.1. The van der Waals surface area contributed by atoms with Gasteiger partial charge in [-0.2, -0.15) is 0 Å². The highest BCUT2D eigenvalue weighted by Gasteiger charge is 2.11. The fourth-order valence-electron chi connectivity index (χ4n) is 3.00. The maximum Gasteiger partial charge on any atom is 0.235 e. The van der Waals surface area contributed by atoms with Crippen LogP contribution < -0.4 is 4.74 Å². The highest BCUT2D eigenvalue weighted by molar-refractivity contribution is 7.14. The van der Waals surface area contributed by atoms with Crippen molar-refractivity contribution >= 4 is 27.9 Å². The van der Waals surface area contributed by atoms with Crippen LogP contribution >= 0.6 is 11.3 Å². The number of benzene rings is 2. The largest absolute Gasteiger partial charge is 0.461 e. The molecule has 2 aromatic heterocycles. The molecule has 4 aromatic rings. The van der Waals surface area contributed by atoms with Gasteiger partial charge in [0.15, 0.2) is 5.78 Å². The van der Waals surface area contributed by atoms with Gasteiger partial charge in [-0.25, -0.2) is 4.39 Å². The van der Waals surface area contributed by atoms with Crippen molar-refractivity contribution in [3.05, 3.63) is 71.0 Å². The summed E-state index contributed by atoms with van der Waals surface area (Å²) in [5, 5.41) is 12.0. The lowest BCUT2D eigenvalue weighted by atomic mass is 10.0. The van der Waals surface area contributed by atoms with Crippen LogP contribution in [0.4, 0.5) is 4.39 Å². The zero-order chi connectivity index (χ0) is 20.4. The summed E-state index contributed by atoms with van der Waals surface area (Å²) in [6.45, 7) is 3.23. The number of carbonyl (C=O) groups excluding carboxylic acids is 1. The minimum absolute atomic E-state index is 0.0624. The van der Waals surface area contributed by atoms with Crippen LogP contribution in [0.3, 0.4) is 0 Å². The summed E-state index contributed by atoms with van der Waals surface area (Å²) in [4.78, 5) is 17.0. The zero-order valence-corrected chi connectivity index (χ0v) is 16.7. The van der Waals surface area contributed by atoms with E-state index in [4.69, 9.17) is 4.74 Å². The van der Waals surface area contributed by atoms with E-state index in [1.807, 2.05) is 31.2 Å². The Balaban J connectivity index is 1.55. The number of aryl methyl sites for hydroxylation is 1. The smallest absolute Gasteiger partial charge is 0.235 e. The minimum Gasteiger partial charge on any atom is -0.461 e. The molecule has 5 nitrogen and oxygen atoms in total. The maximum absolute atomic E-state index is 12.9. The first kappa shape index (κ1) is 19.1. The number of rotatable bonds is 6. The molecular formula is C22H18FN3O2S. The Labute approximate surface area is 171 Å². The van der Waals surface area contributed by atoms with Crippen LogP contribution in [-0.2, 0) is 6.42 Å². The second kappa shape index (κ2) is 8.05. The zero-order valence-electron chi connectivity index (χ0n) is 15.9. The molecule has 1 atom stereocenters. The lowest BCUT2D eigenvalue weighted by Gasteiger charge is -2.08. The van der Waals surface area contributed by atoms with Crippen molar-refractivity contribution < 1.29 is 13.9 Å². The quantitative estimate of drug-likeness (QED) is 0.412. The third kappa shape index (κ3) is 4.46. The van der Waals surface area contributed by atoms with Gasteiger partial charge in [0.25, 0.3) is 0 Å². The number of fused-ring (bicyclic) bond motifs is 1. The molecule has 0 saturated heterocycles. The van der Waals surface area contributed by atoms with Crippen LogP contribution in [0.25, 0.3) is 21.3 Å². The van der Waals surface area contributed by atoms with Gasteiger partial charge in [-0.1, -0.05) is 23.5 Å². The van der Waals surface area contributed by atoms with Crippen molar-refractivity contribution in [3.8, 4) is 16.3 Å². The molecule has 0 aliphatic rings. The third-order valence-corrected chi connectivity index (χ3v) is 5.26. The number of hydrogen-bond donors (Lipinski definition) is 0. The second-order valence-electron chi connectivity index (χ2n) is 6.65. The average molecular weight is 407 g/mol. The third-order valence-electron chi connectivity index (χ3n) is 4.37. The minimum atomic E-state index is -1.40. The van der Waals surface area contributed by atoms with E-state index in [1.54, 1.807) is 41.8 Å². The highest BCUT2D eigenvalue weighted by Crippen LogP contribution is 2.27. The first-order chi connectivity index (χ1) is 14.0. The molecule has 0 saturated carbocycles. The molecule has 2 aromatic carbocycles. The van der Waals surface area contributed by atoms with Crippen molar-refractivity contribution in [2.24, 2.45) is 0 Å². The molecule has 1 unspecified atom stereocenters. The number of alkyl halides is 1. The summed E-state index contributed by atoms with van der Waals surface area (Å²) < 4.78 is 17.9. The molecule has 0 N–H and O–H groups in total. The number of pyridine rings is 1. The fourth-order valence-corrected chi connectivity index (χ4v) is 3.69. The topological polar surface area (TPSA) is 65.0 Å². The van der Waals surface area contributed by atoms with Crippen LogP contribution in [0, 0.1) is 6.92 Å². The Hall–Kier alpha value is -3.19. The summed E-state index contributed by atoms with van der Waals surface area (Å²) in [7, 11) is 0. The molecule has 7 heteroatoms. The predicted molar refractivity (Wildman–Crippen MR) is 111 cm³/mol. The van der Waals surface area contributed by atoms with Gasteiger partial charge in [-0.05, 0) is 48.7 Å². The summed E-state index contributed by atoms with van der Waals surface area (Å²) in [5.41, 5.74) is 2.21. The SMILES string of the molecule is Cc1nnc(-c2ccc3cnc(CC(=O)c4ccc(OC(C)F)cc4)cc3c2)s1. The summed E-state index contributed by atoms with van der Waals surface area (Å²) in [6, 6.07) is 14.4. The van der Waals surface area contributed by atoms with Crippen LogP contribution in [0.2, 0.25) is 0 Å². The number of ketones is 1. The van der Waals surface area contributed by atoms with E-state index in [9.17, 15) is 9.18 Å². The van der Waals surface area contributed by atoms with E-state index in [1.165, 1.54) is 6.92 Å². The van der Waals surface area contributed by atoms with Crippen LogP contribution in [0.1, 0.15) is 28.0 Å². The Morgan fingerprint density at radius 2 is 1.90 bits per heavy atom. The van der Waals surface area contributed by atoms with Gasteiger partial charge in [-0.15, -0.1) is 10.2 Å². The monoisotopic (exact) mass is 407 g/mol. The van der Waals surface area contributed by atoms with E-state index in [0.29, 0.717) is 17.0 Å². The standard InChI is InChI=1S/C22H18FN3O2S/c1-13(23)28-20-7-5-15(6-8-20)21(27)11-19-10-18-9-16(3-4-17(18)12-24-19)22-26-25-14(2)29-22/h3-10,12-13H,11H2,1-2H3. The number of nitrogens with zero attached hydrogens (tertiary/aromatic N) is 3. The molecular weight excluding hydrogens is 389 g/mol. The van der Waals surface area contributed by atoms with E-state index < -0.39 is 6.36 Å². The molecule has 146 valence electrons. The first-order valence-electron chi connectivity index (χ1n) is 9.11. The number of hydrogen-bond acceptors (Lipinski definition) is 6. The molecule has 4 rings (SSSR count). The van der Waals surface area contributed by atoms with Gasteiger partial charge in [0.1, 0.15) is 15.8 Å². The molecule has 0 bridgehead atoms. The lowest BCUT2D eigenvalue weighted by molar-refractivity contribution is 0.0860. The lowest BCUT2D eigenvalue weighted by Crippen LogP contribution is -2.06. The normalized spacial score (nSPS) is 12.1. The van der Waals surface area contributed by atoms with Crippen molar-refractivity contribution in [1.82, 2.24) is 15.2 Å². The Morgan fingerprint density at radius 3 is 2.59 bits per heavy atom. The van der Waals surface area contributed by atoms with E-state index in [-0.39, 0.29) is 12.2 Å². The molecule has 0 spiro atoms. The second-order valence-corrected chi connectivity index (χ2v) is 7.83. The fraction of sp³-hybridized carbons (Fsp3) is 0.182. The Bertz CT molecular complexity index is 1170. The van der Waals surface area contributed by atoms with E-state index >= 15 is 0 Å². The number of aromatic nitrogens is 3. The molecule has 0 amide bonds. The van der Waals surface area contributed by atoms with Crippen molar-refractivity contribution in [2.75, 3.05) is 0 Å². The van der Waals surface area contributed by atoms with E-state index in [2.05, 4.69) is 15.2 Å². The van der Waals surface area contributed by atoms with Gasteiger partial charge < -0.3 is 4.74 Å². The molecule has 29 heavy (non-hydrogen) atoms. The number of Topliss-reactive ketones (excluding diaryl/α,β-unsaturated/α-hetero) is 1. The molecule has 0 aliphatic carbocycles. The van der Waals surface area contributed by atoms with Crippen molar-refractivity contribution in [3.63, 3.8) is 0 Å². The van der Waals surface area contributed by atoms with Crippen molar-refractivity contribution in [1.29, 1.82) is 0 Å². The number of halogens is 1. The van der Waals surface area contributed by atoms with Crippen LogP contribution in [-0.4, -0.2) is 27.3 Å². The Kier molecular flexibility index (Phi) is 5.31. The number of ether oxygens (including phenoxy) is 1. The first-order valence-corrected chi connectivity index (χ1v) is 9.93. The van der Waals surface area contributed by atoms with E-state index in [0.717, 1.165) is 26.4 Å². The molecule has 2 heterocycles. The number of carbonyl (C=O) groups is 1. The summed E-state index contributed by atoms with van der Waals surface area (Å²) >= 11 is 1.54. The summed E-state index contributed by atoms with van der Waals surface area (Å²) in [5.74, 6) is 0.326. The molecule has 0 fully saturated rings. The van der Waals surface area contributed by atoms with Gasteiger partial charge in [0.05, 0.1) is 6.42 Å². The van der Waals surface area contributed by atoms with Crippen LogP contribution in [0.15, 0.2) is 54.7 Å². The van der Waals surface area contributed by atoms with Gasteiger partial charge in [-0.3, -0.25) is 9.78 Å². The predicted octanol–water partition coefficient (Wildman–Crippen LogP) is 5.18. The van der Waals surface area contributed by atoms with Crippen molar-refractivity contribution in [2.45, 2.75) is 26.6 Å². The Morgan fingerprint density at radius 1 is 1.10 bits per heavy atom. The van der Waals surface area contributed by atoms with Gasteiger partial charge >= 0.3 is 0 Å².